The zero-order chi connectivity index (χ0) is 24.1. The third kappa shape index (κ3) is 3.47. The summed E-state index contributed by atoms with van der Waals surface area (Å²) in [5, 5.41) is 18.1. The number of rotatable bonds is 6. The van der Waals surface area contributed by atoms with Gasteiger partial charge in [0, 0.05) is 5.41 Å². The maximum atomic E-state index is 9.04. The third-order valence-electron chi connectivity index (χ3n) is 9.15. The topological polar surface area (TPSA) is 66.0 Å². The Hall–Kier alpha value is -2.98. The van der Waals surface area contributed by atoms with Gasteiger partial charge >= 0.3 is 0 Å². The van der Waals surface area contributed by atoms with E-state index in [0.717, 1.165) is 11.1 Å². The second-order valence-corrected chi connectivity index (χ2v) is 11.8. The number of nitrogens with zero attached hydrogens (tertiary/aromatic N) is 2. The Bertz CT molecular complexity index is 1210. The van der Waals surface area contributed by atoms with Gasteiger partial charge in [-0.2, -0.15) is 0 Å². The predicted octanol–water partition coefficient (Wildman–Crippen LogP) is 7.45. The molecule has 5 unspecified atom stereocenters. The lowest BCUT2D eigenvalue weighted by Crippen LogP contribution is -2.61. The predicted molar refractivity (Wildman–Crippen MR) is 131 cm³/mol. The summed E-state index contributed by atoms with van der Waals surface area (Å²) in [6.07, 6.45) is 12.5. The summed E-state index contributed by atoms with van der Waals surface area (Å²) < 4.78 is 10.4. The van der Waals surface area contributed by atoms with Crippen LogP contribution in [0.4, 0.5) is 0 Å². The van der Waals surface area contributed by atoms with Gasteiger partial charge in [-0.25, -0.2) is 0 Å². The SMILES string of the molecule is CCCC12CC3CC(C)(C1)CC(c1ccc(OC#N)c(C)c1)(C2)C3c1ccc(OC#N)c(C)c1. The van der Waals surface area contributed by atoms with E-state index in [-0.39, 0.29) is 5.41 Å². The maximum Gasteiger partial charge on any atom is 0.292 e. The highest BCUT2D eigenvalue weighted by Crippen LogP contribution is 2.75. The fourth-order valence-corrected chi connectivity index (χ4v) is 8.92. The normalized spacial score (nSPS) is 33.2. The van der Waals surface area contributed by atoms with E-state index in [0.29, 0.717) is 34.2 Å². The van der Waals surface area contributed by atoms with Gasteiger partial charge in [-0.3, -0.25) is 0 Å². The quantitative estimate of drug-likeness (QED) is 0.425. The first kappa shape index (κ1) is 22.8. The van der Waals surface area contributed by atoms with Crippen LogP contribution in [0.1, 0.15) is 87.0 Å². The van der Waals surface area contributed by atoms with Crippen LogP contribution < -0.4 is 9.47 Å². The molecule has 0 heterocycles. The van der Waals surface area contributed by atoms with E-state index in [1.165, 1.54) is 56.1 Å². The second kappa shape index (κ2) is 8.06. The van der Waals surface area contributed by atoms with Gasteiger partial charge in [0.2, 0.25) is 0 Å². The Kier molecular flexibility index (Phi) is 5.40. The first-order valence-corrected chi connectivity index (χ1v) is 12.6. The molecule has 6 rings (SSSR count). The third-order valence-corrected chi connectivity index (χ3v) is 9.15. The fraction of sp³-hybridized carbons (Fsp3) is 0.533. The number of aryl methyl sites for hydroxylation is 2. The molecule has 4 saturated carbocycles. The highest BCUT2D eigenvalue weighted by molar-refractivity contribution is 5.47. The van der Waals surface area contributed by atoms with Crippen molar-refractivity contribution in [3.63, 3.8) is 0 Å². The summed E-state index contributed by atoms with van der Waals surface area (Å²) in [5.74, 6) is 2.37. The van der Waals surface area contributed by atoms with Crippen molar-refractivity contribution in [3.05, 3.63) is 58.7 Å². The smallest absolute Gasteiger partial charge is 0.292 e. The van der Waals surface area contributed by atoms with Gasteiger partial charge in [0.15, 0.2) is 0 Å². The molecule has 4 nitrogen and oxygen atoms in total. The Balaban J connectivity index is 1.67. The van der Waals surface area contributed by atoms with Crippen LogP contribution in [0.3, 0.4) is 0 Å². The molecule has 0 N–H and O–H groups in total. The molecule has 4 bridgehead atoms. The average molecular weight is 455 g/mol. The highest BCUT2D eigenvalue weighted by atomic mass is 16.5. The zero-order valence-corrected chi connectivity index (χ0v) is 20.8. The Morgan fingerprint density at radius 1 is 0.912 bits per heavy atom. The molecule has 4 fully saturated rings. The van der Waals surface area contributed by atoms with Crippen molar-refractivity contribution in [2.45, 2.75) is 84.0 Å². The molecule has 4 heteroatoms. The van der Waals surface area contributed by atoms with E-state index in [1.54, 1.807) is 0 Å². The molecule has 176 valence electrons. The van der Waals surface area contributed by atoms with Crippen molar-refractivity contribution >= 4 is 0 Å². The summed E-state index contributed by atoms with van der Waals surface area (Å²) in [6.45, 7) is 8.95. The minimum atomic E-state index is 0.0588. The van der Waals surface area contributed by atoms with Crippen LogP contribution >= 0.6 is 0 Å². The number of hydrogen-bond donors (Lipinski definition) is 0. The number of ether oxygens (including phenoxy) is 2. The van der Waals surface area contributed by atoms with Crippen LogP contribution in [0.5, 0.6) is 11.5 Å². The Labute approximate surface area is 203 Å². The molecular weight excluding hydrogens is 420 g/mol. The minimum Gasteiger partial charge on any atom is -0.388 e. The molecule has 2 aromatic carbocycles. The van der Waals surface area contributed by atoms with Gasteiger partial charge in [0.25, 0.3) is 12.5 Å². The summed E-state index contributed by atoms with van der Waals surface area (Å²) in [5.41, 5.74) is 5.65. The van der Waals surface area contributed by atoms with Crippen LogP contribution in [0.15, 0.2) is 36.4 Å². The van der Waals surface area contributed by atoms with Crippen LogP contribution in [0.2, 0.25) is 0 Å². The van der Waals surface area contributed by atoms with Crippen molar-refractivity contribution < 1.29 is 9.47 Å². The lowest BCUT2D eigenvalue weighted by atomic mass is 9.34. The molecule has 0 radical (unpaired) electrons. The average Bonchev–Trinajstić information content (AvgIpc) is 2.75. The highest BCUT2D eigenvalue weighted by Gasteiger charge is 2.66. The van der Waals surface area contributed by atoms with Crippen molar-refractivity contribution in [1.82, 2.24) is 0 Å². The molecule has 4 aliphatic rings. The summed E-state index contributed by atoms with van der Waals surface area (Å²) >= 11 is 0. The summed E-state index contributed by atoms with van der Waals surface area (Å²) in [4.78, 5) is 0. The fourth-order valence-electron chi connectivity index (χ4n) is 8.92. The summed E-state index contributed by atoms with van der Waals surface area (Å²) in [6, 6.07) is 12.9. The van der Waals surface area contributed by atoms with E-state index >= 15 is 0 Å². The van der Waals surface area contributed by atoms with Crippen molar-refractivity contribution in [1.29, 1.82) is 10.5 Å². The summed E-state index contributed by atoms with van der Waals surface area (Å²) in [7, 11) is 0. The van der Waals surface area contributed by atoms with Crippen molar-refractivity contribution in [2.75, 3.05) is 0 Å². The molecule has 0 aliphatic heterocycles. The molecule has 4 aliphatic carbocycles. The standard InChI is InChI=1S/C30H34N2O2/c1-5-10-29-14-23-13-28(4,15-29)16-30(17-29,24-7-9-26(34-19-32)21(3)12-24)27(23)22-6-8-25(33-18-31)20(2)11-22/h6-9,11-12,23,27H,5,10,13-17H2,1-4H3. The largest absolute Gasteiger partial charge is 0.388 e. The Morgan fingerprint density at radius 2 is 1.59 bits per heavy atom. The molecule has 0 amide bonds. The van der Waals surface area contributed by atoms with Gasteiger partial charge in [-0.05, 0) is 109 Å². The monoisotopic (exact) mass is 454 g/mol. The maximum absolute atomic E-state index is 9.04. The number of hydrogen-bond acceptors (Lipinski definition) is 4. The zero-order valence-electron chi connectivity index (χ0n) is 20.8. The van der Waals surface area contributed by atoms with E-state index in [4.69, 9.17) is 20.0 Å². The van der Waals surface area contributed by atoms with Crippen LogP contribution in [0.25, 0.3) is 0 Å². The number of benzene rings is 2. The second-order valence-electron chi connectivity index (χ2n) is 11.8. The van der Waals surface area contributed by atoms with Gasteiger partial charge in [0.1, 0.15) is 11.5 Å². The molecule has 0 saturated heterocycles. The van der Waals surface area contributed by atoms with Crippen molar-refractivity contribution in [3.8, 4) is 24.0 Å². The van der Waals surface area contributed by atoms with E-state index in [2.05, 4.69) is 38.1 Å². The Morgan fingerprint density at radius 3 is 2.21 bits per heavy atom. The molecule has 0 aromatic heterocycles. The first-order chi connectivity index (χ1) is 16.3. The van der Waals surface area contributed by atoms with Crippen LogP contribution in [-0.2, 0) is 5.41 Å². The lowest BCUT2D eigenvalue weighted by Gasteiger charge is -2.70. The number of nitriles is 2. The molecule has 5 atom stereocenters. The van der Waals surface area contributed by atoms with E-state index < -0.39 is 0 Å². The molecular formula is C30H34N2O2. The van der Waals surface area contributed by atoms with Gasteiger partial charge in [0.05, 0.1) is 0 Å². The van der Waals surface area contributed by atoms with Crippen molar-refractivity contribution in [2.24, 2.45) is 16.7 Å². The molecule has 34 heavy (non-hydrogen) atoms. The minimum absolute atomic E-state index is 0.0588. The van der Waals surface area contributed by atoms with Crippen LogP contribution in [0, 0.1) is 53.6 Å². The van der Waals surface area contributed by atoms with Gasteiger partial charge in [-0.1, -0.05) is 44.5 Å². The lowest BCUT2D eigenvalue weighted by molar-refractivity contribution is -0.136. The molecule has 0 spiro atoms. The molecule has 2 aromatic rings. The van der Waals surface area contributed by atoms with Gasteiger partial charge < -0.3 is 9.47 Å². The van der Waals surface area contributed by atoms with E-state index in [1.807, 2.05) is 38.5 Å². The first-order valence-electron chi connectivity index (χ1n) is 12.6. The van der Waals surface area contributed by atoms with Gasteiger partial charge in [-0.15, -0.1) is 10.5 Å². The van der Waals surface area contributed by atoms with Crippen LogP contribution in [-0.4, -0.2) is 0 Å². The van der Waals surface area contributed by atoms with E-state index in [9.17, 15) is 0 Å².